The Kier molecular flexibility index (Phi) is 6.83. The number of amides is 1. The highest BCUT2D eigenvalue weighted by Crippen LogP contribution is 2.19. The summed E-state index contributed by atoms with van der Waals surface area (Å²) in [6.07, 6.45) is 3.54. The molecule has 0 saturated carbocycles. The number of aryl methyl sites for hydroxylation is 2. The van der Waals surface area contributed by atoms with Gasteiger partial charge < -0.3 is 10.3 Å². The van der Waals surface area contributed by atoms with Crippen LogP contribution in [0.25, 0.3) is 10.9 Å². The highest BCUT2D eigenvalue weighted by atomic mass is 19.1. The van der Waals surface area contributed by atoms with Crippen LogP contribution in [0.15, 0.2) is 77.9 Å². The van der Waals surface area contributed by atoms with Crippen LogP contribution in [0, 0.1) is 12.7 Å². The largest absolute Gasteiger partial charge is 0.361 e. The number of aliphatic imine (C=N–C) groups is 1. The number of nitrogens with zero attached hydrogens (tertiary/aromatic N) is 1. The van der Waals surface area contributed by atoms with Crippen molar-refractivity contribution in [3.8, 4) is 0 Å². The number of fused-ring (bicyclic) bond motifs is 1. The average molecular weight is 443 g/mol. The molecule has 0 saturated heterocycles. The number of carbonyl (C=O) groups is 1. The predicted octanol–water partition coefficient (Wildman–Crippen LogP) is 5.62. The number of rotatable bonds is 6. The minimum absolute atomic E-state index is 0.244. The molecular formula is C27H27FN4O. The number of halogens is 1. The van der Waals surface area contributed by atoms with E-state index in [9.17, 15) is 9.18 Å². The van der Waals surface area contributed by atoms with Gasteiger partial charge in [0.1, 0.15) is 5.82 Å². The monoisotopic (exact) mass is 442 g/mol. The molecule has 1 amide bonds. The number of para-hydroxylation sites is 2. The minimum atomic E-state index is -0.416. The van der Waals surface area contributed by atoms with E-state index in [4.69, 9.17) is 0 Å². The van der Waals surface area contributed by atoms with Crippen molar-refractivity contribution in [3.63, 3.8) is 0 Å². The summed E-state index contributed by atoms with van der Waals surface area (Å²) in [4.78, 5) is 20.7. The van der Waals surface area contributed by atoms with Crippen LogP contribution in [0.1, 0.15) is 34.0 Å². The summed E-state index contributed by atoms with van der Waals surface area (Å²) in [6.45, 7) is 4.21. The maximum Gasteiger partial charge on any atom is 0.258 e. The third kappa shape index (κ3) is 5.29. The standard InChI is InChI=1S/C27H27FN4O/c1-3-19-8-4-6-10-24(19)31-27(32-26(33)20-13-12-18(2)23(28)16-20)29-15-14-21-17-30-25-11-7-5-9-22(21)25/h4-13,16-17,30H,3,14-15H2,1-2H3,(H2,29,31,32,33). The average Bonchev–Trinajstić information content (AvgIpc) is 3.24. The molecule has 0 aliphatic heterocycles. The van der Waals surface area contributed by atoms with Gasteiger partial charge in [-0.3, -0.25) is 15.1 Å². The number of aromatic nitrogens is 1. The summed E-state index contributed by atoms with van der Waals surface area (Å²) in [6, 6.07) is 20.5. The van der Waals surface area contributed by atoms with E-state index < -0.39 is 11.7 Å². The molecule has 0 atom stereocenters. The van der Waals surface area contributed by atoms with Crippen molar-refractivity contribution in [1.29, 1.82) is 0 Å². The molecule has 4 aromatic rings. The minimum Gasteiger partial charge on any atom is -0.361 e. The fourth-order valence-corrected chi connectivity index (χ4v) is 3.73. The summed E-state index contributed by atoms with van der Waals surface area (Å²) < 4.78 is 14.0. The van der Waals surface area contributed by atoms with Crippen molar-refractivity contribution in [2.75, 3.05) is 11.9 Å². The van der Waals surface area contributed by atoms with Crippen molar-refractivity contribution in [3.05, 3.63) is 101 Å². The van der Waals surface area contributed by atoms with Gasteiger partial charge in [0, 0.05) is 34.9 Å². The molecule has 0 aliphatic rings. The molecule has 6 heteroatoms. The lowest BCUT2D eigenvalue weighted by atomic mass is 10.1. The number of nitrogens with one attached hydrogen (secondary N) is 3. The zero-order chi connectivity index (χ0) is 23.2. The van der Waals surface area contributed by atoms with E-state index in [0.717, 1.165) is 34.1 Å². The van der Waals surface area contributed by atoms with Gasteiger partial charge >= 0.3 is 0 Å². The number of benzene rings is 3. The molecule has 0 aliphatic carbocycles. The highest BCUT2D eigenvalue weighted by molar-refractivity contribution is 6.10. The maximum atomic E-state index is 14.0. The van der Waals surface area contributed by atoms with Gasteiger partial charge in [-0.15, -0.1) is 0 Å². The van der Waals surface area contributed by atoms with Gasteiger partial charge in [0.15, 0.2) is 0 Å². The first-order valence-corrected chi connectivity index (χ1v) is 11.1. The van der Waals surface area contributed by atoms with Crippen molar-refractivity contribution in [2.45, 2.75) is 26.7 Å². The lowest BCUT2D eigenvalue weighted by molar-refractivity contribution is 0.0976. The van der Waals surface area contributed by atoms with Gasteiger partial charge in [-0.1, -0.05) is 49.4 Å². The van der Waals surface area contributed by atoms with Gasteiger partial charge in [0.2, 0.25) is 5.96 Å². The van der Waals surface area contributed by atoms with E-state index in [1.165, 1.54) is 6.07 Å². The number of hydrogen-bond acceptors (Lipinski definition) is 2. The summed E-state index contributed by atoms with van der Waals surface area (Å²) in [5.74, 6) is -0.493. The second-order valence-electron chi connectivity index (χ2n) is 7.89. The van der Waals surface area contributed by atoms with Crippen LogP contribution < -0.4 is 10.6 Å². The van der Waals surface area contributed by atoms with E-state index in [1.54, 1.807) is 19.1 Å². The molecule has 3 aromatic carbocycles. The molecular weight excluding hydrogens is 415 g/mol. The van der Waals surface area contributed by atoms with Crippen LogP contribution >= 0.6 is 0 Å². The van der Waals surface area contributed by atoms with Gasteiger partial charge in [0.25, 0.3) is 5.91 Å². The van der Waals surface area contributed by atoms with E-state index >= 15 is 0 Å². The van der Waals surface area contributed by atoms with E-state index in [2.05, 4.69) is 33.6 Å². The molecule has 1 aromatic heterocycles. The van der Waals surface area contributed by atoms with Crippen LogP contribution in [-0.4, -0.2) is 23.4 Å². The summed E-state index contributed by atoms with van der Waals surface area (Å²) >= 11 is 0. The Bertz CT molecular complexity index is 1310. The molecule has 168 valence electrons. The van der Waals surface area contributed by atoms with Crippen LogP contribution in [0.3, 0.4) is 0 Å². The Morgan fingerprint density at radius 2 is 1.82 bits per heavy atom. The third-order valence-corrected chi connectivity index (χ3v) is 5.64. The second kappa shape index (κ2) is 10.1. The van der Waals surface area contributed by atoms with Crippen molar-refractivity contribution in [2.24, 2.45) is 4.99 Å². The molecule has 0 unspecified atom stereocenters. The van der Waals surface area contributed by atoms with Gasteiger partial charge in [-0.05, 0) is 60.7 Å². The Morgan fingerprint density at radius 3 is 2.64 bits per heavy atom. The molecule has 0 spiro atoms. The van der Waals surface area contributed by atoms with Crippen molar-refractivity contribution >= 4 is 28.5 Å². The maximum absolute atomic E-state index is 14.0. The number of carbonyl (C=O) groups excluding carboxylic acids is 1. The van der Waals surface area contributed by atoms with Crippen molar-refractivity contribution in [1.82, 2.24) is 10.3 Å². The van der Waals surface area contributed by atoms with Crippen LogP contribution in [0.2, 0.25) is 0 Å². The molecule has 0 bridgehead atoms. The number of anilines is 1. The first-order chi connectivity index (χ1) is 16.0. The fourth-order valence-electron chi connectivity index (χ4n) is 3.73. The third-order valence-electron chi connectivity index (χ3n) is 5.64. The fraction of sp³-hybridized carbons (Fsp3) is 0.185. The predicted molar refractivity (Wildman–Crippen MR) is 132 cm³/mol. The van der Waals surface area contributed by atoms with Crippen molar-refractivity contribution < 1.29 is 9.18 Å². The van der Waals surface area contributed by atoms with Crippen LogP contribution in [0.4, 0.5) is 10.1 Å². The molecule has 33 heavy (non-hydrogen) atoms. The first kappa shape index (κ1) is 22.3. The SMILES string of the molecule is CCc1ccccc1NC(=NCCc1c[nH]c2ccccc12)NC(=O)c1ccc(C)c(F)c1. The topological polar surface area (TPSA) is 69.3 Å². The Labute approximate surface area is 192 Å². The van der Waals surface area contributed by atoms with Crippen LogP contribution in [-0.2, 0) is 12.8 Å². The molecule has 0 fully saturated rings. The summed E-state index contributed by atoms with van der Waals surface area (Å²) in [7, 11) is 0. The molecule has 5 nitrogen and oxygen atoms in total. The number of hydrogen-bond donors (Lipinski definition) is 3. The van der Waals surface area contributed by atoms with E-state index in [-0.39, 0.29) is 5.56 Å². The lowest BCUT2D eigenvalue weighted by Crippen LogP contribution is -2.36. The molecule has 0 radical (unpaired) electrons. The lowest BCUT2D eigenvalue weighted by Gasteiger charge is -2.14. The molecule has 3 N–H and O–H groups in total. The van der Waals surface area contributed by atoms with E-state index in [1.807, 2.05) is 48.7 Å². The first-order valence-electron chi connectivity index (χ1n) is 11.1. The second-order valence-corrected chi connectivity index (χ2v) is 7.89. The number of aromatic amines is 1. The quantitative estimate of drug-likeness (QED) is 0.268. The van der Waals surface area contributed by atoms with Gasteiger partial charge in [0.05, 0.1) is 0 Å². The Hall–Kier alpha value is -3.93. The smallest absolute Gasteiger partial charge is 0.258 e. The number of guanidine groups is 1. The Balaban J connectivity index is 1.55. The van der Waals surface area contributed by atoms with Gasteiger partial charge in [-0.2, -0.15) is 0 Å². The normalized spacial score (nSPS) is 11.5. The zero-order valence-corrected chi connectivity index (χ0v) is 18.8. The summed E-state index contributed by atoms with van der Waals surface area (Å²) in [5.41, 5.74) is 4.97. The molecule has 4 rings (SSSR count). The summed E-state index contributed by atoms with van der Waals surface area (Å²) in [5, 5.41) is 7.25. The Morgan fingerprint density at radius 1 is 1.03 bits per heavy atom. The molecule has 1 heterocycles. The highest BCUT2D eigenvalue weighted by Gasteiger charge is 2.12. The number of H-pyrrole nitrogens is 1. The zero-order valence-electron chi connectivity index (χ0n) is 18.8. The van der Waals surface area contributed by atoms with Gasteiger partial charge in [-0.25, -0.2) is 4.39 Å². The van der Waals surface area contributed by atoms with Crippen LogP contribution in [0.5, 0.6) is 0 Å². The van der Waals surface area contributed by atoms with E-state index in [0.29, 0.717) is 24.5 Å².